The highest BCUT2D eigenvalue weighted by molar-refractivity contribution is 7.64. The minimum Gasteiger partial charge on any atom is -0.0664 e. The van der Waals surface area contributed by atoms with Crippen molar-refractivity contribution in [2.45, 2.75) is 26.2 Å². The Bertz CT molecular complexity index is 680. The fourth-order valence-corrected chi connectivity index (χ4v) is 5.08. The maximum absolute atomic E-state index is 2.29. The van der Waals surface area contributed by atoms with Gasteiger partial charge in [0.2, 0.25) is 0 Å². The molecule has 0 heterocycles. The molecule has 0 aliphatic rings. The van der Waals surface area contributed by atoms with Gasteiger partial charge in [-0.3, -0.25) is 0 Å². The van der Waals surface area contributed by atoms with Crippen molar-refractivity contribution in [3.63, 3.8) is 0 Å². The SMILES string of the molecule is Cc1ccc(CP(Cc2ccc(C)cc2)c2ccccc2)cc1. The number of benzene rings is 3. The van der Waals surface area contributed by atoms with Crippen LogP contribution in [0.15, 0.2) is 78.9 Å². The van der Waals surface area contributed by atoms with E-state index in [-0.39, 0.29) is 7.92 Å². The zero-order valence-electron chi connectivity index (χ0n) is 13.9. The summed E-state index contributed by atoms with van der Waals surface area (Å²) in [5.74, 6) is 0. The monoisotopic (exact) mass is 318 g/mol. The summed E-state index contributed by atoms with van der Waals surface area (Å²) in [5.41, 5.74) is 5.54. The molecule has 0 radical (unpaired) electrons. The van der Waals surface area contributed by atoms with Crippen LogP contribution in [0.25, 0.3) is 0 Å². The van der Waals surface area contributed by atoms with Gasteiger partial charge in [0.15, 0.2) is 0 Å². The first kappa shape index (κ1) is 16.0. The second-order valence-electron chi connectivity index (χ2n) is 6.16. The maximum Gasteiger partial charge on any atom is -0.00298 e. The fourth-order valence-electron chi connectivity index (χ4n) is 2.71. The summed E-state index contributed by atoms with van der Waals surface area (Å²) < 4.78 is 0. The Hall–Kier alpha value is -1.91. The zero-order chi connectivity index (χ0) is 16.1. The molecular weight excluding hydrogens is 295 g/mol. The van der Waals surface area contributed by atoms with Crippen LogP contribution in [0, 0.1) is 13.8 Å². The summed E-state index contributed by atoms with van der Waals surface area (Å²) in [6.45, 7) is 4.30. The van der Waals surface area contributed by atoms with Crippen LogP contribution in [-0.4, -0.2) is 0 Å². The molecule has 0 atom stereocenters. The van der Waals surface area contributed by atoms with E-state index in [2.05, 4.69) is 92.7 Å². The minimum atomic E-state index is -0.228. The second-order valence-corrected chi connectivity index (χ2v) is 8.39. The molecule has 3 aromatic rings. The summed E-state index contributed by atoms with van der Waals surface area (Å²) in [6, 6.07) is 29.0. The van der Waals surface area contributed by atoms with Gasteiger partial charge in [-0.15, -0.1) is 0 Å². The average Bonchev–Trinajstić information content (AvgIpc) is 2.59. The molecule has 0 aliphatic carbocycles. The highest BCUT2D eigenvalue weighted by Crippen LogP contribution is 2.42. The normalized spacial score (nSPS) is 10.9. The van der Waals surface area contributed by atoms with Crippen molar-refractivity contribution in [1.82, 2.24) is 0 Å². The summed E-state index contributed by atoms with van der Waals surface area (Å²) in [6.07, 6.45) is 2.29. The lowest BCUT2D eigenvalue weighted by Crippen LogP contribution is -2.04. The van der Waals surface area contributed by atoms with Gasteiger partial charge in [-0.1, -0.05) is 97.9 Å². The van der Waals surface area contributed by atoms with Gasteiger partial charge in [-0.25, -0.2) is 0 Å². The lowest BCUT2D eigenvalue weighted by molar-refractivity contribution is 1.30. The third-order valence-electron chi connectivity index (χ3n) is 4.11. The van der Waals surface area contributed by atoms with Crippen molar-refractivity contribution in [1.29, 1.82) is 0 Å². The highest BCUT2D eigenvalue weighted by Gasteiger charge is 2.12. The van der Waals surface area contributed by atoms with Crippen molar-refractivity contribution in [2.24, 2.45) is 0 Å². The molecule has 23 heavy (non-hydrogen) atoms. The maximum atomic E-state index is 2.29. The summed E-state index contributed by atoms with van der Waals surface area (Å²) in [7, 11) is -0.228. The fraction of sp³-hybridized carbons (Fsp3) is 0.182. The first-order chi connectivity index (χ1) is 11.2. The topological polar surface area (TPSA) is 0 Å². The molecule has 0 saturated carbocycles. The molecule has 3 aromatic carbocycles. The molecule has 0 amide bonds. The van der Waals surface area contributed by atoms with Crippen molar-refractivity contribution in [2.75, 3.05) is 0 Å². The van der Waals surface area contributed by atoms with E-state index in [0.717, 1.165) is 12.3 Å². The van der Waals surface area contributed by atoms with E-state index in [1.165, 1.54) is 27.6 Å². The Morgan fingerprint density at radius 1 is 0.565 bits per heavy atom. The van der Waals surface area contributed by atoms with Crippen LogP contribution in [0.4, 0.5) is 0 Å². The van der Waals surface area contributed by atoms with E-state index < -0.39 is 0 Å². The molecule has 1 heteroatoms. The van der Waals surface area contributed by atoms with E-state index in [9.17, 15) is 0 Å². The molecule has 0 bridgehead atoms. The molecule has 0 nitrogen and oxygen atoms in total. The average molecular weight is 318 g/mol. The number of hydrogen-bond acceptors (Lipinski definition) is 0. The molecule has 116 valence electrons. The molecule has 0 fully saturated rings. The van der Waals surface area contributed by atoms with Crippen LogP contribution >= 0.6 is 7.92 Å². The van der Waals surface area contributed by atoms with Crippen LogP contribution in [-0.2, 0) is 12.3 Å². The summed E-state index contributed by atoms with van der Waals surface area (Å²) in [5, 5.41) is 1.49. The van der Waals surface area contributed by atoms with Crippen molar-refractivity contribution in [3.05, 3.63) is 101 Å². The van der Waals surface area contributed by atoms with E-state index in [0.29, 0.717) is 0 Å². The molecule has 0 aliphatic heterocycles. The molecule has 0 saturated heterocycles. The van der Waals surface area contributed by atoms with Gasteiger partial charge in [0, 0.05) is 0 Å². The van der Waals surface area contributed by atoms with Gasteiger partial charge in [0.25, 0.3) is 0 Å². The minimum absolute atomic E-state index is 0.228. The third kappa shape index (κ3) is 4.53. The second kappa shape index (κ2) is 7.57. The molecule has 0 unspecified atom stereocenters. The van der Waals surface area contributed by atoms with Gasteiger partial charge in [0.05, 0.1) is 0 Å². The lowest BCUT2D eigenvalue weighted by atomic mass is 10.2. The van der Waals surface area contributed by atoms with Crippen LogP contribution < -0.4 is 5.30 Å². The van der Waals surface area contributed by atoms with Gasteiger partial charge in [0.1, 0.15) is 0 Å². The highest BCUT2D eigenvalue weighted by atomic mass is 31.1. The Balaban J connectivity index is 1.84. The quantitative estimate of drug-likeness (QED) is 0.521. The zero-order valence-corrected chi connectivity index (χ0v) is 14.8. The van der Waals surface area contributed by atoms with Crippen LogP contribution in [0.5, 0.6) is 0 Å². The number of hydrogen-bond donors (Lipinski definition) is 0. The van der Waals surface area contributed by atoms with Gasteiger partial charge in [-0.05, 0) is 42.6 Å². The molecular formula is C22H23P. The van der Waals surface area contributed by atoms with Crippen LogP contribution in [0.2, 0.25) is 0 Å². The molecule has 0 N–H and O–H groups in total. The Morgan fingerprint density at radius 2 is 1.00 bits per heavy atom. The van der Waals surface area contributed by atoms with Crippen molar-refractivity contribution < 1.29 is 0 Å². The first-order valence-electron chi connectivity index (χ1n) is 8.12. The molecule has 0 aromatic heterocycles. The lowest BCUT2D eigenvalue weighted by Gasteiger charge is -2.19. The number of aryl methyl sites for hydroxylation is 2. The molecule has 0 spiro atoms. The van der Waals surface area contributed by atoms with Crippen molar-refractivity contribution >= 4 is 13.2 Å². The Labute approximate surface area is 141 Å². The smallest absolute Gasteiger partial charge is 0.00298 e. The van der Waals surface area contributed by atoms with E-state index in [1.807, 2.05) is 0 Å². The van der Waals surface area contributed by atoms with E-state index in [1.54, 1.807) is 0 Å². The third-order valence-corrected chi connectivity index (χ3v) is 6.63. The Kier molecular flexibility index (Phi) is 5.26. The predicted octanol–water partition coefficient (Wildman–Crippen LogP) is 5.81. The largest absolute Gasteiger partial charge is 0.0664 e. The van der Waals surface area contributed by atoms with Crippen LogP contribution in [0.1, 0.15) is 22.3 Å². The van der Waals surface area contributed by atoms with Crippen LogP contribution in [0.3, 0.4) is 0 Å². The predicted molar refractivity (Wildman–Crippen MR) is 103 cm³/mol. The summed E-state index contributed by atoms with van der Waals surface area (Å²) >= 11 is 0. The van der Waals surface area contributed by atoms with Gasteiger partial charge < -0.3 is 0 Å². The number of rotatable bonds is 5. The van der Waals surface area contributed by atoms with E-state index >= 15 is 0 Å². The van der Waals surface area contributed by atoms with Gasteiger partial charge >= 0.3 is 0 Å². The molecule has 3 rings (SSSR count). The first-order valence-corrected chi connectivity index (χ1v) is 9.83. The Morgan fingerprint density at radius 3 is 1.43 bits per heavy atom. The standard InChI is InChI=1S/C22H23P/c1-18-8-12-20(13-9-18)16-23(22-6-4-3-5-7-22)17-21-14-10-19(2)11-15-21/h3-15H,16-17H2,1-2H3. The summed E-state index contributed by atoms with van der Waals surface area (Å²) in [4.78, 5) is 0. The van der Waals surface area contributed by atoms with E-state index in [4.69, 9.17) is 0 Å². The van der Waals surface area contributed by atoms with Gasteiger partial charge in [-0.2, -0.15) is 0 Å². The van der Waals surface area contributed by atoms with Crippen molar-refractivity contribution in [3.8, 4) is 0 Å².